The van der Waals surface area contributed by atoms with E-state index in [1.807, 2.05) is 49.4 Å². The number of hydrogen-bond donors (Lipinski definition) is 1. The Balaban J connectivity index is 1.79. The van der Waals surface area contributed by atoms with Gasteiger partial charge in [-0.25, -0.2) is 4.39 Å². The molecule has 1 atom stereocenters. The molecule has 0 fully saturated rings. The van der Waals surface area contributed by atoms with E-state index in [2.05, 4.69) is 5.32 Å². The lowest BCUT2D eigenvalue weighted by Crippen LogP contribution is -2.32. The largest absolute Gasteiger partial charge is 0.480 e. The summed E-state index contributed by atoms with van der Waals surface area (Å²) in [4.78, 5) is 12.4. The summed E-state index contributed by atoms with van der Waals surface area (Å²) in [5, 5.41) is 4.70. The van der Waals surface area contributed by atoms with E-state index in [1.54, 1.807) is 12.1 Å². The highest BCUT2D eigenvalue weighted by Gasteiger charge is 2.19. The van der Waals surface area contributed by atoms with Gasteiger partial charge in [0.15, 0.2) is 6.10 Å². The molecule has 0 aromatic heterocycles. The van der Waals surface area contributed by atoms with Gasteiger partial charge in [0.1, 0.15) is 11.6 Å². The predicted octanol–water partition coefficient (Wildman–Crippen LogP) is 4.78. The standard InChI is InChI=1S/C20H18FNO2/c1-2-18(20(23)22-16-10-6-9-15(21)13-16)24-19-12-5-8-14-7-3-4-11-17(14)19/h3-13,18H,2H2,1H3,(H,22,23)/t18-/m1/s1. The van der Waals surface area contributed by atoms with Gasteiger partial charge in [0, 0.05) is 11.1 Å². The first-order valence-corrected chi connectivity index (χ1v) is 7.88. The highest BCUT2D eigenvalue weighted by Crippen LogP contribution is 2.26. The van der Waals surface area contributed by atoms with Crippen molar-refractivity contribution in [2.24, 2.45) is 0 Å². The number of carbonyl (C=O) groups excluding carboxylic acids is 1. The van der Waals surface area contributed by atoms with E-state index < -0.39 is 11.9 Å². The second-order valence-corrected chi connectivity index (χ2v) is 5.49. The van der Waals surface area contributed by atoms with Crippen LogP contribution in [0.25, 0.3) is 10.8 Å². The normalized spacial score (nSPS) is 11.9. The van der Waals surface area contributed by atoms with Crippen LogP contribution in [0.2, 0.25) is 0 Å². The third-order valence-corrected chi connectivity index (χ3v) is 3.77. The zero-order chi connectivity index (χ0) is 16.9. The molecule has 4 heteroatoms. The van der Waals surface area contributed by atoms with E-state index in [0.29, 0.717) is 17.9 Å². The molecule has 0 heterocycles. The number of rotatable bonds is 5. The second-order valence-electron chi connectivity index (χ2n) is 5.49. The van der Waals surface area contributed by atoms with Gasteiger partial charge in [-0.3, -0.25) is 4.79 Å². The molecule has 3 rings (SSSR count). The molecule has 3 aromatic rings. The lowest BCUT2D eigenvalue weighted by molar-refractivity contribution is -0.122. The Morgan fingerprint density at radius 1 is 1.08 bits per heavy atom. The zero-order valence-corrected chi connectivity index (χ0v) is 13.3. The van der Waals surface area contributed by atoms with E-state index in [0.717, 1.165) is 10.8 Å². The van der Waals surface area contributed by atoms with Crippen LogP contribution in [0.3, 0.4) is 0 Å². The maximum Gasteiger partial charge on any atom is 0.265 e. The number of anilines is 1. The van der Waals surface area contributed by atoms with Crippen LogP contribution in [0, 0.1) is 5.82 Å². The highest BCUT2D eigenvalue weighted by atomic mass is 19.1. The van der Waals surface area contributed by atoms with Gasteiger partial charge in [-0.05, 0) is 36.1 Å². The topological polar surface area (TPSA) is 38.3 Å². The van der Waals surface area contributed by atoms with Crippen LogP contribution in [0.1, 0.15) is 13.3 Å². The van der Waals surface area contributed by atoms with Gasteiger partial charge in [-0.2, -0.15) is 0 Å². The molecule has 0 aliphatic carbocycles. The van der Waals surface area contributed by atoms with Gasteiger partial charge < -0.3 is 10.1 Å². The van der Waals surface area contributed by atoms with Crippen LogP contribution < -0.4 is 10.1 Å². The SMILES string of the molecule is CC[C@@H](Oc1cccc2ccccc12)C(=O)Nc1cccc(F)c1. The Morgan fingerprint density at radius 3 is 2.62 bits per heavy atom. The molecule has 24 heavy (non-hydrogen) atoms. The van der Waals surface area contributed by atoms with Crippen molar-refractivity contribution in [1.29, 1.82) is 0 Å². The van der Waals surface area contributed by atoms with Crippen molar-refractivity contribution < 1.29 is 13.9 Å². The summed E-state index contributed by atoms with van der Waals surface area (Å²) in [5.74, 6) is -0.0267. The number of nitrogens with one attached hydrogen (secondary N) is 1. The van der Waals surface area contributed by atoms with Crippen molar-refractivity contribution in [2.75, 3.05) is 5.32 Å². The lowest BCUT2D eigenvalue weighted by Gasteiger charge is -2.18. The fraction of sp³-hybridized carbons (Fsp3) is 0.150. The first kappa shape index (κ1) is 16.0. The summed E-state index contributed by atoms with van der Waals surface area (Å²) < 4.78 is 19.2. The van der Waals surface area contributed by atoms with Gasteiger partial charge in [0.05, 0.1) is 0 Å². The van der Waals surface area contributed by atoms with Crippen LogP contribution >= 0.6 is 0 Å². The quantitative estimate of drug-likeness (QED) is 0.734. The number of fused-ring (bicyclic) bond motifs is 1. The minimum absolute atomic E-state index is 0.295. The minimum Gasteiger partial charge on any atom is -0.480 e. The van der Waals surface area contributed by atoms with Crippen LogP contribution in [0.5, 0.6) is 5.75 Å². The molecule has 1 N–H and O–H groups in total. The third-order valence-electron chi connectivity index (χ3n) is 3.77. The molecule has 0 unspecified atom stereocenters. The molecular formula is C20H18FNO2. The predicted molar refractivity (Wildman–Crippen MR) is 93.7 cm³/mol. The number of ether oxygens (including phenoxy) is 1. The van der Waals surface area contributed by atoms with Gasteiger partial charge >= 0.3 is 0 Å². The average molecular weight is 323 g/mol. The maximum absolute atomic E-state index is 13.2. The third kappa shape index (κ3) is 3.54. The molecule has 0 saturated heterocycles. The molecule has 0 saturated carbocycles. The molecule has 3 aromatic carbocycles. The monoisotopic (exact) mass is 323 g/mol. The van der Waals surface area contributed by atoms with E-state index in [1.165, 1.54) is 12.1 Å². The number of amides is 1. The number of hydrogen-bond acceptors (Lipinski definition) is 2. The van der Waals surface area contributed by atoms with Gasteiger partial charge in [-0.15, -0.1) is 0 Å². The molecule has 0 spiro atoms. The van der Waals surface area contributed by atoms with Crippen molar-refractivity contribution >= 4 is 22.4 Å². The van der Waals surface area contributed by atoms with Crippen LogP contribution in [0.15, 0.2) is 66.7 Å². The fourth-order valence-corrected chi connectivity index (χ4v) is 2.56. The minimum atomic E-state index is -0.654. The zero-order valence-electron chi connectivity index (χ0n) is 13.3. The number of carbonyl (C=O) groups is 1. The molecule has 3 nitrogen and oxygen atoms in total. The first-order valence-electron chi connectivity index (χ1n) is 7.88. The smallest absolute Gasteiger partial charge is 0.265 e. The summed E-state index contributed by atoms with van der Waals surface area (Å²) in [6.07, 6.45) is -0.149. The van der Waals surface area contributed by atoms with E-state index >= 15 is 0 Å². The maximum atomic E-state index is 13.2. The van der Waals surface area contributed by atoms with Crippen molar-refractivity contribution in [3.05, 3.63) is 72.5 Å². The molecule has 0 radical (unpaired) electrons. The van der Waals surface area contributed by atoms with Crippen molar-refractivity contribution in [3.63, 3.8) is 0 Å². The van der Waals surface area contributed by atoms with E-state index in [4.69, 9.17) is 4.74 Å². The molecular weight excluding hydrogens is 305 g/mol. The van der Waals surface area contributed by atoms with Gasteiger partial charge in [0.25, 0.3) is 5.91 Å². The molecule has 0 bridgehead atoms. The Hall–Kier alpha value is -2.88. The Kier molecular flexibility index (Phi) is 4.75. The summed E-state index contributed by atoms with van der Waals surface area (Å²) in [7, 11) is 0. The summed E-state index contributed by atoms with van der Waals surface area (Å²) in [5.41, 5.74) is 0.417. The molecule has 0 aliphatic heterocycles. The number of benzene rings is 3. The van der Waals surface area contributed by atoms with Gasteiger partial charge in [0.2, 0.25) is 0 Å². The summed E-state index contributed by atoms with van der Waals surface area (Å²) in [6.45, 7) is 1.88. The van der Waals surface area contributed by atoms with Crippen molar-refractivity contribution in [3.8, 4) is 5.75 Å². The molecule has 1 amide bonds. The van der Waals surface area contributed by atoms with Crippen molar-refractivity contribution in [1.82, 2.24) is 0 Å². The fourth-order valence-electron chi connectivity index (χ4n) is 2.56. The van der Waals surface area contributed by atoms with Crippen molar-refractivity contribution in [2.45, 2.75) is 19.4 Å². The summed E-state index contributed by atoms with van der Waals surface area (Å²) in [6, 6.07) is 19.4. The Bertz CT molecular complexity index is 858. The molecule has 122 valence electrons. The molecule has 0 aliphatic rings. The lowest BCUT2D eigenvalue weighted by atomic mass is 10.1. The Morgan fingerprint density at radius 2 is 1.83 bits per heavy atom. The van der Waals surface area contributed by atoms with Crippen LogP contribution in [0.4, 0.5) is 10.1 Å². The van der Waals surface area contributed by atoms with Gasteiger partial charge in [-0.1, -0.05) is 49.4 Å². The van der Waals surface area contributed by atoms with E-state index in [-0.39, 0.29) is 5.91 Å². The number of halogens is 1. The van der Waals surface area contributed by atoms with E-state index in [9.17, 15) is 9.18 Å². The first-order chi connectivity index (χ1) is 11.7. The van der Waals surface area contributed by atoms with Crippen LogP contribution in [-0.4, -0.2) is 12.0 Å². The highest BCUT2D eigenvalue weighted by molar-refractivity contribution is 5.95. The average Bonchev–Trinajstić information content (AvgIpc) is 2.59. The van der Waals surface area contributed by atoms with Crippen LogP contribution in [-0.2, 0) is 4.79 Å². The second kappa shape index (κ2) is 7.13. The Labute approximate surface area is 140 Å². The summed E-state index contributed by atoms with van der Waals surface area (Å²) >= 11 is 0.